The van der Waals surface area contributed by atoms with E-state index >= 15 is 0 Å². The van der Waals surface area contributed by atoms with E-state index in [4.69, 9.17) is 0 Å². The standard InChI is InChI=1S/C14H14S/c1-12(13-8-4-2-5-9-13)15-14-10-6-3-7-11-14/h2-12H,1H3/t12-/m1/s1. The van der Waals surface area contributed by atoms with Crippen LogP contribution in [0.2, 0.25) is 0 Å². The van der Waals surface area contributed by atoms with E-state index < -0.39 is 0 Å². The molecule has 2 aromatic carbocycles. The highest BCUT2D eigenvalue weighted by molar-refractivity contribution is 7.99. The number of thioether (sulfide) groups is 1. The van der Waals surface area contributed by atoms with Crippen LogP contribution in [0.1, 0.15) is 17.7 Å². The minimum atomic E-state index is 0.508. The van der Waals surface area contributed by atoms with Gasteiger partial charge >= 0.3 is 0 Å². The summed E-state index contributed by atoms with van der Waals surface area (Å²) in [5.41, 5.74) is 1.38. The van der Waals surface area contributed by atoms with Gasteiger partial charge in [-0.1, -0.05) is 48.5 Å². The molecule has 76 valence electrons. The smallest absolute Gasteiger partial charge is 0.0316 e. The van der Waals surface area contributed by atoms with Gasteiger partial charge in [-0.25, -0.2) is 0 Å². The molecule has 1 atom stereocenters. The minimum Gasteiger partial charge on any atom is -0.118 e. The van der Waals surface area contributed by atoms with Crippen LogP contribution < -0.4 is 0 Å². The molecule has 0 saturated heterocycles. The quantitative estimate of drug-likeness (QED) is 0.676. The summed E-state index contributed by atoms with van der Waals surface area (Å²) in [6.07, 6.45) is 0. The summed E-state index contributed by atoms with van der Waals surface area (Å²) in [6.45, 7) is 2.24. The molecule has 0 aliphatic rings. The van der Waals surface area contributed by atoms with Crippen LogP contribution in [0, 0.1) is 0 Å². The predicted octanol–water partition coefficient (Wildman–Crippen LogP) is 4.54. The van der Waals surface area contributed by atoms with E-state index in [1.165, 1.54) is 10.5 Å². The average Bonchev–Trinajstić information content (AvgIpc) is 2.31. The second-order valence-electron chi connectivity index (χ2n) is 3.48. The maximum Gasteiger partial charge on any atom is 0.0316 e. The average molecular weight is 214 g/mol. The Morgan fingerprint density at radius 1 is 0.800 bits per heavy atom. The van der Waals surface area contributed by atoms with Crippen LogP contribution in [0.4, 0.5) is 0 Å². The first-order valence-electron chi connectivity index (χ1n) is 5.13. The Bertz CT molecular complexity index is 394. The van der Waals surface area contributed by atoms with Gasteiger partial charge in [-0.2, -0.15) is 0 Å². The molecule has 0 aliphatic carbocycles. The summed E-state index contributed by atoms with van der Waals surface area (Å²) >= 11 is 1.90. The van der Waals surface area contributed by atoms with Gasteiger partial charge in [0.15, 0.2) is 0 Å². The highest BCUT2D eigenvalue weighted by atomic mass is 32.2. The second-order valence-corrected chi connectivity index (χ2v) is 4.90. The molecule has 1 heteroatoms. The van der Waals surface area contributed by atoms with Crippen molar-refractivity contribution in [3.63, 3.8) is 0 Å². The highest BCUT2D eigenvalue weighted by Crippen LogP contribution is 2.34. The summed E-state index contributed by atoms with van der Waals surface area (Å²) in [7, 11) is 0. The van der Waals surface area contributed by atoms with Crippen molar-refractivity contribution in [2.45, 2.75) is 17.1 Å². The lowest BCUT2D eigenvalue weighted by atomic mass is 10.2. The summed E-state index contributed by atoms with van der Waals surface area (Å²) in [5, 5.41) is 0.508. The van der Waals surface area contributed by atoms with Crippen molar-refractivity contribution in [2.24, 2.45) is 0 Å². The predicted molar refractivity (Wildman–Crippen MR) is 67.2 cm³/mol. The van der Waals surface area contributed by atoms with Crippen LogP contribution in [0.25, 0.3) is 0 Å². The SMILES string of the molecule is C[C@@H](Sc1ccccc1)c1ccccc1. The highest BCUT2D eigenvalue weighted by Gasteiger charge is 2.05. The first kappa shape index (κ1) is 10.3. The van der Waals surface area contributed by atoms with Crippen molar-refractivity contribution < 1.29 is 0 Å². The second kappa shape index (κ2) is 5.04. The largest absolute Gasteiger partial charge is 0.118 e. The number of hydrogen-bond acceptors (Lipinski definition) is 1. The molecule has 0 N–H and O–H groups in total. The van der Waals surface area contributed by atoms with Gasteiger partial charge in [0.1, 0.15) is 0 Å². The molecule has 0 aliphatic heterocycles. The fourth-order valence-electron chi connectivity index (χ4n) is 1.50. The third-order valence-corrected chi connectivity index (χ3v) is 3.50. The zero-order chi connectivity index (χ0) is 10.5. The van der Waals surface area contributed by atoms with Gasteiger partial charge in [0.05, 0.1) is 0 Å². The molecule has 0 aromatic heterocycles. The molecule has 0 fully saturated rings. The maximum atomic E-state index is 2.24. The lowest BCUT2D eigenvalue weighted by Gasteiger charge is -2.10. The molecule has 2 rings (SSSR count). The molecule has 0 amide bonds. The van der Waals surface area contributed by atoms with Gasteiger partial charge in [0.25, 0.3) is 0 Å². The zero-order valence-corrected chi connectivity index (χ0v) is 9.58. The summed E-state index contributed by atoms with van der Waals surface area (Å²) in [5.74, 6) is 0. The Hall–Kier alpha value is -1.21. The van der Waals surface area contributed by atoms with E-state index in [2.05, 4.69) is 67.6 Å². The van der Waals surface area contributed by atoms with Crippen LogP contribution in [0.3, 0.4) is 0 Å². The molecule has 2 aromatic rings. The molecular formula is C14H14S. The first-order valence-corrected chi connectivity index (χ1v) is 6.01. The Morgan fingerprint density at radius 2 is 1.33 bits per heavy atom. The molecule has 15 heavy (non-hydrogen) atoms. The van der Waals surface area contributed by atoms with Gasteiger partial charge in [0, 0.05) is 10.1 Å². The normalized spacial score (nSPS) is 12.3. The molecule has 0 nitrogen and oxygen atoms in total. The number of hydrogen-bond donors (Lipinski definition) is 0. The number of rotatable bonds is 3. The van der Waals surface area contributed by atoms with E-state index in [-0.39, 0.29) is 0 Å². The van der Waals surface area contributed by atoms with E-state index in [9.17, 15) is 0 Å². The molecule has 0 unspecified atom stereocenters. The fraction of sp³-hybridized carbons (Fsp3) is 0.143. The number of benzene rings is 2. The maximum absolute atomic E-state index is 2.24. The van der Waals surface area contributed by atoms with E-state index in [0.717, 1.165) is 0 Å². The molecule has 0 heterocycles. The van der Waals surface area contributed by atoms with E-state index in [1.54, 1.807) is 0 Å². The van der Waals surface area contributed by atoms with Crippen LogP contribution >= 0.6 is 11.8 Å². The van der Waals surface area contributed by atoms with Gasteiger partial charge in [-0.15, -0.1) is 11.8 Å². The van der Waals surface area contributed by atoms with Gasteiger partial charge in [0.2, 0.25) is 0 Å². The topological polar surface area (TPSA) is 0 Å². The monoisotopic (exact) mass is 214 g/mol. The molecule has 0 saturated carbocycles. The summed E-state index contributed by atoms with van der Waals surface area (Å²) in [4.78, 5) is 1.33. The van der Waals surface area contributed by atoms with E-state index in [1.807, 2.05) is 11.8 Å². The summed E-state index contributed by atoms with van der Waals surface area (Å²) in [6, 6.07) is 21.1. The van der Waals surface area contributed by atoms with Crippen LogP contribution in [0.15, 0.2) is 65.6 Å². The van der Waals surface area contributed by atoms with Crippen LogP contribution in [-0.2, 0) is 0 Å². The van der Waals surface area contributed by atoms with Crippen molar-refractivity contribution in [1.82, 2.24) is 0 Å². The minimum absolute atomic E-state index is 0.508. The van der Waals surface area contributed by atoms with Gasteiger partial charge < -0.3 is 0 Å². The third kappa shape index (κ3) is 2.87. The Labute approximate surface area is 95.3 Å². The summed E-state index contributed by atoms with van der Waals surface area (Å²) < 4.78 is 0. The Balaban J connectivity index is 2.08. The lowest BCUT2D eigenvalue weighted by molar-refractivity contribution is 1.10. The Morgan fingerprint density at radius 3 is 1.93 bits per heavy atom. The first-order chi connectivity index (χ1) is 7.36. The van der Waals surface area contributed by atoms with Crippen LogP contribution in [-0.4, -0.2) is 0 Å². The Kier molecular flexibility index (Phi) is 3.46. The third-order valence-electron chi connectivity index (χ3n) is 2.33. The molecule has 0 spiro atoms. The molecular weight excluding hydrogens is 200 g/mol. The molecule has 0 radical (unpaired) electrons. The molecule has 0 bridgehead atoms. The van der Waals surface area contributed by atoms with Crippen molar-refractivity contribution in [3.05, 3.63) is 66.2 Å². The van der Waals surface area contributed by atoms with Crippen molar-refractivity contribution >= 4 is 11.8 Å². The van der Waals surface area contributed by atoms with Crippen molar-refractivity contribution in [1.29, 1.82) is 0 Å². The van der Waals surface area contributed by atoms with Crippen molar-refractivity contribution in [2.75, 3.05) is 0 Å². The van der Waals surface area contributed by atoms with E-state index in [0.29, 0.717) is 5.25 Å². The fourth-order valence-corrected chi connectivity index (χ4v) is 2.51. The van der Waals surface area contributed by atoms with Gasteiger partial charge in [-0.05, 0) is 24.6 Å². The zero-order valence-electron chi connectivity index (χ0n) is 8.76. The van der Waals surface area contributed by atoms with Gasteiger partial charge in [-0.3, -0.25) is 0 Å². The lowest BCUT2D eigenvalue weighted by Crippen LogP contribution is -1.86. The van der Waals surface area contributed by atoms with Crippen molar-refractivity contribution in [3.8, 4) is 0 Å². The van der Waals surface area contributed by atoms with Crippen LogP contribution in [0.5, 0.6) is 0 Å².